The van der Waals surface area contributed by atoms with Gasteiger partial charge in [-0.05, 0) is 24.6 Å². The number of rotatable bonds is 5. The van der Waals surface area contributed by atoms with Gasteiger partial charge in [-0.15, -0.1) is 0 Å². The summed E-state index contributed by atoms with van der Waals surface area (Å²) in [6.07, 6.45) is 0. The molecule has 5 heteroatoms. The van der Waals surface area contributed by atoms with Gasteiger partial charge in [0.1, 0.15) is 0 Å². The smallest absolute Gasteiger partial charge is 0.236 e. The first-order valence-electron chi connectivity index (χ1n) is 5.42. The second kappa shape index (κ2) is 6.20. The summed E-state index contributed by atoms with van der Waals surface area (Å²) in [6.45, 7) is 2.72. The van der Waals surface area contributed by atoms with Gasteiger partial charge in [-0.2, -0.15) is 0 Å². The van der Waals surface area contributed by atoms with Crippen molar-refractivity contribution in [1.82, 2.24) is 4.90 Å². The Labute approximate surface area is 100 Å². The fraction of sp³-hybridized carbons (Fsp3) is 0.417. The van der Waals surface area contributed by atoms with Crippen molar-refractivity contribution in [3.63, 3.8) is 0 Å². The lowest BCUT2D eigenvalue weighted by Crippen LogP contribution is -2.35. The summed E-state index contributed by atoms with van der Waals surface area (Å²) in [6, 6.07) is 4.64. The monoisotopic (exact) mass is 240 g/mol. The molecular formula is C12H17FN2O2. The molecule has 1 amide bonds. The van der Waals surface area contributed by atoms with Gasteiger partial charge in [0.15, 0.2) is 11.6 Å². The molecule has 0 saturated carbocycles. The molecule has 94 valence electrons. The van der Waals surface area contributed by atoms with Crippen molar-refractivity contribution in [2.45, 2.75) is 13.5 Å². The van der Waals surface area contributed by atoms with Crippen LogP contribution in [-0.4, -0.2) is 31.0 Å². The van der Waals surface area contributed by atoms with Crippen LogP contribution in [0.5, 0.6) is 5.75 Å². The number of benzene rings is 1. The molecule has 4 nitrogen and oxygen atoms in total. The summed E-state index contributed by atoms with van der Waals surface area (Å²) in [7, 11) is 1.41. The predicted octanol–water partition coefficient (Wildman–Crippen LogP) is 1.14. The normalized spacial score (nSPS) is 10.1. The fourth-order valence-electron chi connectivity index (χ4n) is 1.53. The van der Waals surface area contributed by atoms with Gasteiger partial charge in [-0.1, -0.05) is 6.07 Å². The van der Waals surface area contributed by atoms with Crippen molar-refractivity contribution in [1.29, 1.82) is 0 Å². The first-order chi connectivity index (χ1) is 8.12. The topological polar surface area (TPSA) is 55.6 Å². The van der Waals surface area contributed by atoms with Crippen molar-refractivity contribution in [2.24, 2.45) is 5.73 Å². The van der Waals surface area contributed by atoms with Crippen LogP contribution in [0.15, 0.2) is 18.2 Å². The second-order valence-corrected chi connectivity index (χ2v) is 3.58. The quantitative estimate of drug-likeness (QED) is 0.839. The van der Waals surface area contributed by atoms with Gasteiger partial charge in [0.2, 0.25) is 5.91 Å². The van der Waals surface area contributed by atoms with E-state index in [0.717, 1.165) is 0 Å². The number of carbonyl (C=O) groups is 1. The maximum atomic E-state index is 13.4. The molecule has 0 heterocycles. The van der Waals surface area contributed by atoms with Crippen LogP contribution in [0.3, 0.4) is 0 Å². The molecule has 0 aliphatic carbocycles. The first-order valence-corrected chi connectivity index (χ1v) is 5.42. The van der Waals surface area contributed by atoms with Crippen molar-refractivity contribution >= 4 is 5.91 Å². The standard InChI is InChI=1S/C12H17FN2O2/c1-3-15(12(16)7-14)8-9-4-5-11(17-2)10(13)6-9/h4-6H,3,7-8,14H2,1-2H3. The minimum atomic E-state index is -0.429. The lowest BCUT2D eigenvalue weighted by atomic mass is 10.2. The van der Waals surface area contributed by atoms with E-state index in [-0.39, 0.29) is 18.2 Å². The van der Waals surface area contributed by atoms with E-state index in [2.05, 4.69) is 0 Å². The number of halogens is 1. The number of amides is 1. The number of hydrogen-bond acceptors (Lipinski definition) is 3. The van der Waals surface area contributed by atoms with Crippen LogP contribution >= 0.6 is 0 Å². The molecule has 17 heavy (non-hydrogen) atoms. The number of ether oxygens (including phenoxy) is 1. The Morgan fingerprint density at radius 3 is 2.71 bits per heavy atom. The van der Waals surface area contributed by atoms with E-state index in [1.54, 1.807) is 17.0 Å². The molecule has 1 aromatic carbocycles. The molecule has 1 rings (SSSR count). The molecule has 0 unspecified atom stereocenters. The summed E-state index contributed by atoms with van der Waals surface area (Å²) in [5.74, 6) is -0.382. The van der Waals surface area contributed by atoms with Crippen LogP contribution in [0.4, 0.5) is 4.39 Å². The van der Waals surface area contributed by atoms with Gasteiger partial charge >= 0.3 is 0 Å². The van der Waals surface area contributed by atoms with E-state index in [4.69, 9.17) is 10.5 Å². The fourth-order valence-corrected chi connectivity index (χ4v) is 1.53. The van der Waals surface area contributed by atoms with E-state index in [0.29, 0.717) is 18.7 Å². The van der Waals surface area contributed by atoms with E-state index in [1.165, 1.54) is 13.2 Å². The van der Waals surface area contributed by atoms with Crippen molar-refractivity contribution in [2.75, 3.05) is 20.2 Å². The highest BCUT2D eigenvalue weighted by atomic mass is 19.1. The summed E-state index contributed by atoms with van der Waals surface area (Å²) >= 11 is 0. The molecule has 0 spiro atoms. The van der Waals surface area contributed by atoms with Crippen LogP contribution in [0.25, 0.3) is 0 Å². The van der Waals surface area contributed by atoms with E-state index in [1.807, 2.05) is 6.92 Å². The highest BCUT2D eigenvalue weighted by molar-refractivity contribution is 5.77. The molecule has 1 aromatic rings. The third kappa shape index (κ3) is 3.42. The van der Waals surface area contributed by atoms with Crippen LogP contribution in [0.2, 0.25) is 0 Å². The Morgan fingerprint density at radius 1 is 1.53 bits per heavy atom. The molecular weight excluding hydrogens is 223 g/mol. The molecule has 0 aliphatic rings. The number of methoxy groups -OCH3 is 1. The second-order valence-electron chi connectivity index (χ2n) is 3.58. The Balaban J connectivity index is 2.80. The maximum Gasteiger partial charge on any atom is 0.236 e. The zero-order valence-electron chi connectivity index (χ0n) is 10.1. The van der Waals surface area contributed by atoms with Crippen LogP contribution in [0.1, 0.15) is 12.5 Å². The van der Waals surface area contributed by atoms with Gasteiger partial charge in [0.25, 0.3) is 0 Å². The first kappa shape index (κ1) is 13.4. The Bertz CT molecular complexity index is 396. The van der Waals surface area contributed by atoms with Crippen LogP contribution in [0, 0.1) is 5.82 Å². The Kier molecular flexibility index (Phi) is 4.90. The van der Waals surface area contributed by atoms with Gasteiger partial charge in [-0.25, -0.2) is 4.39 Å². The third-order valence-corrected chi connectivity index (χ3v) is 2.50. The number of likely N-dealkylation sites (N-methyl/N-ethyl adjacent to an activating group) is 1. The van der Waals surface area contributed by atoms with Crippen molar-refractivity contribution in [3.8, 4) is 5.75 Å². The molecule has 2 N–H and O–H groups in total. The average Bonchev–Trinajstić information content (AvgIpc) is 2.35. The SMILES string of the molecule is CCN(Cc1ccc(OC)c(F)c1)C(=O)CN. The van der Waals surface area contributed by atoms with Gasteiger partial charge in [0, 0.05) is 13.1 Å². The summed E-state index contributed by atoms with van der Waals surface area (Å²) in [5.41, 5.74) is 6.01. The highest BCUT2D eigenvalue weighted by Gasteiger charge is 2.11. The highest BCUT2D eigenvalue weighted by Crippen LogP contribution is 2.18. The average molecular weight is 240 g/mol. The van der Waals surface area contributed by atoms with Crippen molar-refractivity contribution in [3.05, 3.63) is 29.6 Å². The molecule has 0 bridgehead atoms. The lowest BCUT2D eigenvalue weighted by Gasteiger charge is -2.20. The minimum Gasteiger partial charge on any atom is -0.494 e. The molecule has 0 aromatic heterocycles. The van der Waals surface area contributed by atoms with Gasteiger partial charge in [-0.3, -0.25) is 4.79 Å². The summed E-state index contributed by atoms with van der Waals surface area (Å²) < 4.78 is 18.3. The molecule has 0 atom stereocenters. The van der Waals surface area contributed by atoms with Crippen molar-refractivity contribution < 1.29 is 13.9 Å². The molecule has 0 fully saturated rings. The third-order valence-electron chi connectivity index (χ3n) is 2.50. The Morgan fingerprint density at radius 2 is 2.24 bits per heavy atom. The summed E-state index contributed by atoms with van der Waals surface area (Å²) in [5, 5.41) is 0. The summed E-state index contributed by atoms with van der Waals surface area (Å²) in [4.78, 5) is 13.0. The maximum absolute atomic E-state index is 13.4. The van der Waals surface area contributed by atoms with E-state index < -0.39 is 5.82 Å². The van der Waals surface area contributed by atoms with Crippen LogP contribution < -0.4 is 10.5 Å². The predicted molar refractivity (Wildman–Crippen MR) is 63.1 cm³/mol. The number of hydrogen-bond donors (Lipinski definition) is 1. The molecule has 0 saturated heterocycles. The van der Waals surface area contributed by atoms with Gasteiger partial charge in [0.05, 0.1) is 13.7 Å². The zero-order chi connectivity index (χ0) is 12.8. The van der Waals surface area contributed by atoms with Crippen LogP contribution in [-0.2, 0) is 11.3 Å². The Hall–Kier alpha value is -1.62. The molecule has 0 aliphatic heterocycles. The van der Waals surface area contributed by atoms with E-state index in [9.17, 15) is 9.18 Å². The van der Waals surface area contributed by atoms with Gasteiger partial charge < -0.3 is 15.4 Å². The van der Waals surface area contributed by atoms with E-state index >= 15 is 0 Å². The largest absolute Gasteiger partial charge is 0.494 e. The number of nitrogens with zero attached hydrogens (tertiary/aromatic N) is 1. The zero-order valence-corrected chi connectivity index (χ0v) is 10.1. The number of nitrogens with two attached hydrogens (primary N) is 1. The lowest BCUT2D eigenvalue weighted by molar-refractivity contribution is -0.130. The number of carbonyl (C=O) groups excluding carboxylic acids is 1. The minimum absolute atomic E-state index is 0.0352. The molecule has 0 radical (unpaired) electrons.